The Balaban J connectivity index is 1.65. The second-order valence-electron chi connectivity index (χ2n) is 10.1. The SMILES string of the molecule is CC1=C(C(=O)OC(C)C)[C@@H](c2ccc(Cl)cc2)n2c(s/c(=C/c3cc(C)n(-c4ccc(C(=O)O)cc4)c3C)c2=O)=N1. The number of esters is 1. The fourth-order valence-electron chi connectivity index (χ4n) is 5.05. The van der Waals surface area contributed by atoms with Gasteiger partial charge in [0.25, 0.3) is 5.56 Å². The van der Waals surface area contributed by atoms with E-state index in [-0.39, 0.29) is 17.2 Å². The number of halogens is 1. The van der Waals surface area contributed by atoms with Crippen LogP contribution in [-0.2, 0) is 9.53 Å². The summed E-state index contributed by atoms with van der Waals surface area (Å²) < 4.78 is 9.58. The average Bonchev–Trinajstić information content (AvgIpc) is 3.37. The topological polar surface area (TPSA) is 103 Å². The van der Waals surface area contributed by atoms with Crippen LogP contribution in [0, 0.1) is 13.8 Å². The minimum Gasteiger partial charge on any atom is -0.478 e. The first-order valence-electron chi connectivity index (χ1n) is 13.0. The summed E-state index contributed by atoms with van der Waals surface area (Å²) in [5, 5.41) is 9.78. The van der Waals surface area contributed by atoms with Crippen LogP contribution < -0.4 is 14.9 Å². The lowest BCUT2D eigenvalue weighted by Crippen LogP contribution is -2.40. The monoisotopic (exact) mass is 589 g/mol. The van der Waals surface area contributed by atoms with E-state index in [1.165, 1.54) is 11.3 Å². The number of benzene rings is 2. The predicted octanol–water partition coefficient (Wildman–Crippen LogP) is 4.95. The zero-order valence-corrected chi connectivity index (χ0v) is 24.7. The fraction of sp³-hybridized carbons (Fsp3) is 0.226. The summed E-state index contributed by atoms with van der Waals surface area (Å²) in [6.45, 7) is 9.20. The summed E-state index contributed by atoms with van der Waals surface area (Å²) in [7, 11) is 0. The molecule has 0 amide bonds. The number of aryl methyl sites for hydroxylation is 1. The van der Waals surface area contributed by atoms with Crippen LogP contribution in [0.3, 0.4) is 0 Å². The highest BCUT2D eigenvalue weighted by molar-refractivity contribution is 7.07. The Morgan fingerprint density at radius 3 is 2.34 bits per heavy atom. The Morgan fingerprint density at radius 2 is 1.73 bits per heavy atom. The smallest absolute Gasteiger partial charge is 0.338 e. The number of nitrogens with zero attached hydrogens (tertiary/aromatic N) is 3. The molecule has 1 aliphatic rings. The summed E-state index contributed by atoms with van der Waals surface area (Å²) in [5.41, 5.74) is 4.93. The first-order chi connectivity index (χ1) is 19.5. The summed E-state index contributed by atoms with van der Waals surface area (Å²) >= 11 is 7.40. The normalized spacial score (nSPS) is 15.2. The molecule has 1 atom stereocenters. The van der Waals surface area contributed by atoms with E-state index in [0.29, 0.717) is 25.6 Å². The van der Waals surface area contributed by atoms with Crippen LogP contribution in [0.1, 0.15) is 59.7 Å². The van der Waals surface area contributed by atoms with Gasteiger partial charge in [0.05, 0.1) is 33.5 Å². The molecule has 41 heavy (non-hydrogen) atoms. The molecule has 8 nitrogen and oxygen atoms in total. The van der Waals surface area contributed by atoms with Crippen molar-refractivity contribution >= 4 is 41.0 Å². The van der Waals surface area contributed by atoms with Gasteiger partial charge in [-0.3, -0.25) is 9.36 Å². The van der Waals surface area contributed by atoms with Crippen LogP contribution in [0.5, 0.6) is 0 Å². The molecule has 1 N–H and O–H groups in total. The van der Waals surface area contributed by atoms with Gasteiger partial charge in [-0.05, 0) is 94.3 Å². The molecule has 3 heterocycles. The van der Waals surface area contributed by atoms with Crippen molar-refractivity contribution in [3.63, 3.8) is 0 Å². The number of carboxylic acid groups (broad SMARTS) is 1. The Kier molecular flexibility index (Phi) is 7.59. The van der Waals surface area contributed by atoms with Crippen molar-refractivity contribution in [3.05, 3.63) is 119 Å². The number of aromatic nitrogens is 2. The van der Waals surface area contributed by atoms with Gasteiger partial charge in [0.15, 0.2) is 4.80 Å². The second-order valence-corrected chi connectivity index (χ2v) is 11.5. The van der Waals surface area contributed by atoms with Gasteiger partial charge in [-0.2, -0.15) is 0 Å². The number of carbonyl (C=O) groups is 2. The van der Waals surface area contributed by atoms with Crippen molar-refractivity contribution in [1.29, 1.82) is 0 Å². The van der Waals surface area contributed by atoms with Gasteiger partial charge in [0.2, 0.25) is 0 Å². The second kappa shape index (κ2) is 11.0. The first kappa shape index (κ1) is 28.3. The summed E-state index contributed by atoms with van der Waals surface area (Å²) in [4.78, 5) is 43.6. The molecule has 4 aromatic rings. The average molecular weight is 590 g/mol. The lowest BCUT2D eigenvalue weighted by Gasteiger charge is -2.25. The van der Waals surface area contributed by atoms with E-state index in [1.54, 1.807) is 73.9 Å². The van der Waals surface area contributed by atoms with Gasteiger partial charge in [-0.15, -0.1) is 0 Å². The van der Waals surface area contributed by atoms with E-state index in [9.17, 15) is 19.5 Å². The number of carboxylic acids is 1. The molecule has 210 valence electrons. The van der Waals surface area contributed by atoms with Gasteiger partial charge in [0, 0.05) is 22.1 Å². The number of allylic oxidation sites excluding steroid dienone is 1. The molecule has 0 saturated heterocycles. The van der Waals surface area contributed by atoms with Crippen LogP contribution >= 0.6 is 22.9 Å². The Morgan fingerprint density at radius 1 is 1.07 bits per heavy atom. The van der Waals surface area contributed by atoms with Gasteiger partial charge in [0.1, 0.15) is 0 Å². The van der Waals surface area contributed by atoms with Crippen molar-refractivity contribution in [2.24, 2.45) is 4.99 Å². The van der Waals surface area contributed by atoms with E-state index in [4.69, 9.17) is 16.3 Å². The number of fused-ring (bicyclic) bond motifs is 1. The maximum Gasteiger partial charge on any atom is 0.338 e. The van der Waals surface area contributed by atoms with Crippen molar-refractivity contribution in [1.82, 2.24) is 9.13 Å². The minimum absolute atomic E-state index is 0.208. The first-order valence-corrected chi connectivity index (χ1v) is 14.2. The van der Waals surface area contributed by atoms with Gasteiger partial charge >= 0.3 is 11.9 Å². The highest BCUT2D eigenvalue weighted by Gasteiger charge is 2.33. The van der Waals surface area contributed by atoms with E-state index >= 15 is 0 Å². The zero-order valence-electron chi connectivity index (χ0n) is 23.1. The molecule has 0 radical (unpaired) electrons. The lowest BCUT2D eigenvalue weighted by molar-refractivity contribution is -0.143. The van der Waals surface area contributed by atoms with Crippen molar-refractivity contribution in [2.75, 3.05) is 0 Å². The number of thiazole rings is 1. The molecule has 0 fully saturated rings. The number of hydrogen-bond acceptors (Lipinski definition) is 6. The number of rotatable bonds is 6. The molecule has 0 unspecified atom stereocenters. The molecule has 2 aromatic carbocycles. The Labute approximate surface area is 245 Å². The summed E-state index contributed by atoms with van der Waals surface area (Å²) in [5.74, 6) is -1.51. The molecule has 0 spiro atoms. The fourth-order valence-corrected chi connectivity index (χ4v) is 6.21. The quantitative estimate of drug-likeness (QED) is 0.321. The number of hydrogen-bond donors (Lipinski definition) is 1. The third-order valence-electron chi connectivity index (χ3n) is 6.90. The van der Waals surface area contributed by atoms with Crippen LogP contribution in [0.2, 0.25) is 5.02 Å². The van der Waals surface area contributed by atoms with Crippen molar-refractivity contribution in [2.45, 2.75) is 46.8 Å². The highest BCUT2D eigenvalue weighted by atomic mass is 35.5. The molecule has 0 saturated carbocycles. The van der Waals surface area contributed by atoms with Crippen molar-refractivity contribution < 1.29 is 19.4 Å². The standard InChI is InChI=1S/C31H28ClN3O5S/c1-16(2)40-30(39)26-18(4)33-31-35(27(26)20-6-10-23(32)11-7-20)28(36)25(41-31)15-22-14-17(3)34(19(22)5)24-12-8-21(9-13-24)29(37)38/h6-16,27H,1-5H3,(H,37,38)/b25-15+/t27-/m1/s1. The van der Waals surface area contributed by atoms with Crippen LogP contribution in [0.25, 0.3) is 11.8 Å². The number of ether oxygens (including phenoxy) is 1. The van der Waals surface area contributed by atoms with Crippen LogP contribution in [0.4, 0.5) is 0 Å². The maximum atomic E-state index is 14.0. The number of aromatic carboxylic acids is 1. The maximum absolute atomic E-state index is 14.0. The van der Waals surface area contributed by atoms with Crippen LogP contribution in [-0.4, -0.2) is 32.3 Å². The van der Waals surface area contributed by atoms with Crippen LogP contribution in [0.15, 0.2) is 75.7 Å². The summed E-state index contributed by atoms with van der Waals surface area (Å²) in [6, 6.07) is 15.0. The van der Waals surface area contributed by atoms with Gasteiger partial charge in [-0.1, -0.05) is 35.1 Å². The molecule has 5 rings (SSSR count). The number of carbonyl (C=O) groups excluding carboxylic acids is 1. The minimum atomic E-state index is -0.985. The largest absolute Gasteiger partial charge is 0.478 e. The molecular formula is C31H28ClN3O5S. The van der Waals surface area contributed by atoms with E-state index in [0.717, 1.165) is 28.2 Å². The van der Waals surface area contributed by atoms with Gasteiger partial charge < -0.3 is 14.4 Å². The predicted molar refractivity (Wildman–Crippen MR) is 159 cm³/mol. The third kappa shape index (κ3) is 5.30. The Hall–Kier alpha value is -4.21. The van der Waals surface area contributed by atoms with Gasteiger partial charge in [-0.25, -0.2) is 14.6 Å². The van der Waals surface area contributed by atoms with E-state index in [1.807, 2.05) is 30.6 Å². The summed E-state index contributed by atoms with van der Waals surface area (Å²) in [6.07, 6.45) is 1.49. The third-order valence-corrected chi connectivity index (χ3v) is 8.13. The zero-order chi connectivity index (χ0) is 29.6. The molecule has 2 aromatic heterocycles. The van der Waals surface area contributed by atoms with E-state index < -0.39 is 18.0 Å². The van der Waals surface area contributed by atoms with E-state index in [2.05, 4.69) is 4.99 Å². The molecular weight excluding hydrogens is 562 g/mol. The molecule has 0 bridgehead atoms. The highest BCUT2D eigenvalue weighted by Crippen LogP contribution is 2.31. The molecule has 0 aliphatic carbocycles. The lowest BCUT2D eigenvalue weighted by atomic mass is 9.96. The molecule has 10 heteroatoms. The molecule has 1 aliphatic heterocycles. The Bertz CT molecular complexity index is 1890. The van der Waals surface area contributed by atoms with Crippen molar-refractivity contribution in [3.8, 4) is 5.69 Å².